The summed E-state index contributed by atoms with van der Waals surface area (Å²) in [7, 11) is 0. The fourth-order valence-corrected chi connectivity index (χ4v) is 2.95. The lowest BCUT2D eigenvalue weighted by molar-refractivity contribution is 0.135. The van der Waals surface area contributed by atoms with Gasteiger partial charge in [-0.2, -0.15) is 0 Å². The van der Waals surface area contributed by atoms with E-state index in [0.29, 0.717) is 5.56 Å². The molecule has 3 heteroatoms. The first-order valence-electron chi connectivity index (χ1n) is 6.17. The highest BCUT2D eigenvalue weighted by molar-refractivity contribution is 5.24. The van der Waals surface area contributed by atoms with Gasteiger partial charge in [0.15, 0.2) is 0 Å². The molecule has 0 N–H and O–H groups in total. The molecule has 1 aromatic rings. The van der Waals surface area contributed by atoms with Crippen LogP contribution in [0.1, 0.15) is 45.2 Å². The van der Waals surface area contributed by atoms with E-state index in [0.717, 1.165) is 19.4 Å². The van der Waals surface area contributed by atoms with Crippen LogP contribution < -0.4 is 0 Å². The molecule has 1 nitrogen and oxygen atoms in total. The van der Waals surface area contributed by atoms with Crippen LogP contribution in [0.15, 0.2) is 18.2 Å². The van der Waals surface area contributed by atoms with Gasteiger partial charge in [0, 0.05) is 17.1 Å². The van der Waals surface area contributed by atoms with Crippen LogP contribution in [-0.4, -0.2) is 17.0 Å². The molecule has 1 heterocycles. The Bertz CT molecular complexity index is 415. The van der Waals surface area contributed by atoms with Crippen molar-refractivity contribution in [3.63, 3.8) is 0 Å². The molecule has 0 bridgehead atoms. The van der Waals surface area contributed by atoms with Gasteiger partial charge in [-0.15, -0.1) is 0 Å². The van der Waals surface area contributed by atoms with Crippen LogP contribution in [0.25, 0.3) is 0 Å². The summed E-state index contributed by atoms with van der Waals surface area (Å²) < 4.78 is 27.0. The lowest BCUT2D eigenvalue weighted by Crippen LogP contribution is -2.39. The smallest absolute Gasteiger partial charge is 0.128 e. The minimum atomic E-state index is -0.359. The lowest BCUT2D eigenvalue weighted by atomic mass is 10.0. The zero-order chi connectivity index (χ0) is 12.6. The van der Waals surface area contributed by atoms with Crippen molar-refractivity contribution in [1.82, 2.24) is 4.90 Å². The highest BCUT2D eigenvalue weighted by atomic mass is 19.1. The predicted molar refractivity (Wildman–Crippen MR) is 64.8 cm³/mol. The average molecular weight is 239 g/mol. The summed E-state index contributed by atoms with van der Waals surface area (Å²) in [6, 6.07) is 3.74. The molecule has 17 heavy (non-hydrogen) atoms. The Kier molecular flexibility index (Phi) is 3.21. The van der Waals surface area contributed by atoms with Crippen LogP contribution in [0.4, 0.5) is 8.78 Å². The molecule has 1 fully saturated rings. The molecule has 0 radical (unpaired) electrons. The molecule has 0 amide bonds. The zero-order valence-electron chi connectivity index (χ0n) is 10.6. The summed E-state index contributed by atoms with van der Waals surface area (Å²) in [5, 5.41) is 0. The van der Waals surface area contributed by atoms with Crippen LogP contribution in [0, 0.1) is 11.6 Å². The first-order chi connectivity index (χ1) is 7.95. The van der Waals surface area contributed by atoms with Crippen molar-refractivity contribution in [3.8, 4) is 0 Å². The maximum Gasteiger partial charge on any atom is 0.128 e. The van der Waals surface area contributed by atoms with Crippen LogP contribution in [0.5, 0.6) is 0 Å². The maximum absolute atomic E-state index is 13.8. The second kappa shape index (κ2) is 4.37. The van der Waals surface area contributed by atoms with Crippen LogP contribution in [0.3, 0.4) is 0 Å². The van der Waals surface area contributed by atoms with Crippen molar-refractivity contribution in [2.24, 2.45) is 0 Å². The van der Waals surface area contributed by atoms with E-state index in [1.54, 1.807) is 0 Å². The van der Waals surface area contributed by atoms with Gasteiger partial charge in [-0.25, -0.2) is 8.78 Å². The fourth-order valence-electron chi connectivity index (χ4n) is 2.95. The Morgan fingerprint density at radius 2 is 2.06 bits per heavy atom. The van der Waals surface area contributed by atoms with E-state index in [2.05, 4.69) is 25.7 Å². The number of nitrogens with zero attached hydrogens (tertiary/aromatic N) is 1. The van der Waals surface area contributed by atoms with Gasteiger partial charge in [0.2, 0.25) is 0 Å². The highest BCUT2D eigenvalue weighted by Gasteiger charge is 2.39. The minimum Gasteiger partial charge on any atom is -0.291 e. The predicted octanol–water partition coefficient (Wildman–Crippen LogP) is 3.90. The first-order valence-corrected chi connectivity index (χ1v) is 6.17. The van der Waals surface area contributed by atoms with Crippen molar-refractivity contribution < 1.29 is 8.78 Å². The van der Waals surface area contributed by atoms with E-state index in [1.165, 1.54) is 18.2 Å². The summed E-state index contributed by atoms with van der Waals surface area (Å²) >= 11 is 0. The number of hydrogen-bond acceptors (Lipinski definition) is 1. The van der Waals surface area contributed by atoms with E-state index in [4.69, 9.17) is 0 Å². The molecule has 1 unspecified atom stereocenters. The zero-order valence-corrected chi connectivity index (χ0v) is 10.6. The van der Waals surface area contributed by atoms with E-state index in [1.807, 2.05) is 0 Å². The van der Waals surface area contributed by atoms with Gasteiger partial charge in [0.1, 0.15) is 11.6 Å². The van der Waals surface area contributed by atoms with E-state index < -0.39 is 0 Å². The van der Waals surface area contributed by atoms with Crippen LogP contribution in [0.2, 0.25) is 0 Å². The summed E-state index contributed by atoms with van der Waals surface area (Å²) in [6.45, 7) is 7.24. The molecule has 1 atom stereocenters. The van der Waals surface area contributed by atoms with E-state index in [9.17, 15) is 8.78 Å². The highest BCUT2D eigenvalue weighted by Crippen LogP contribution is 2.42. The summed E-state index contributed by atoms with van der Waals surface area (Å²) in [5.74, 6) is -0.658. The SMILES string of the molecule is CCN1C(c2cc(F)ccc2F)CCC1(C)C. The number of likely N-dealkylation sites (tertiary alicyclic amines) is 1. The Balaban J connectivity index is 2.37. The third-order valence-corrected chi connectivity index (χ3v) is 3.84. The first kappa shape index (κ1) is 12.5. The molecule has 0 spiro atoms. The normalized spacial score (nSPS) is 24.2. The van der Waals surface area contributed by atoms with Gasteiger partial charge < -0.3 is 0 Å². The third-order valence-electron chi connectivity index (χ3n) is 3.84. The summed E-state index contributed by atoms with van der Waals surface area (Å²) in [5.41, 5.74) is 0.565. The van der Waals surface area contributed by atoms with Gasteiger partial charge >= 0.3 is 0 Å². The average Bonchev–Trinajstić information content (AvgIpc) is 2.57. The molecule has 0 aliphatic carbocycles. The van der Waals surface area contributed by atoms with Crippen LogP contribution in [-0.2, 0) is 0 Å². The topological polar surface area (TPSA) is 3.24 Å². The second-order valence-electron chi connectivity index (χ2n) is 5.32. The summed E-state index contributed by atoms with van der Waals surface area (Å²) in [6.07, 6.45) is 1.91. The Morgan fingerprint density at radius 3 is 2.71 bits per heavy atom. The standard InChI is InChI=1S/C14H19F2N/c1-4-17-13(7-8-14(17,2)3)11-9-10(15)5-6-12(11)16/h5-6,9,13H,4,7-8H2,1-3H3. The van der Waals surface area contributed by atoms with Gasteiger partial charge in [0.05, 0.1) is 0 Å². The Hall–Kier alpha value is -0.960. The lowest BCUT2D eigenvalue weighted by Gasteiger charge is -2.35. The van der Waals surface area contributed by atoms with Gasteiger partial charge in [-0.1, -0.05) is 6.92 Å². The molecule has 2 rings (SSSR count). The number of benzene rings is 1. The largest absolute Gasteiger partial charge is 0.291 e. The number of hydrogen-bond donors (Lipinski definition) is 0. The van der Waals surface area contributed by atoms with E-state index in [-0.39, 0.29) is 23.2 Å². The summed E-state index contributed by atoms with van der Waals surface area (Å²) in [4.78, 5) is 2.25. The number of halogens is 2. The molecular weight excluding hydrogens is 220 g/mol. The van der Waals surface area contributed by atoms with Crippen molar-refractivity contribution in [1.29, 1.82) is 0 Å². The molecule has 1 aliphatic rings. The molecule has 0 aromatic heterocycles. The van der Waals surface area contributed by atoms with E-state index >= 15 is 0 Å². The molecular formula is C14H19F2N. The van der Waals surface area contributed by atoms with Gasteiger partial charge in [0.25, 0.3) is 0 Å². The quantitative estimate of drug-likeness (QED) is 0.756. The van der Waals surface area contributed by atoms with Gasteiger partial charge in [-0.05, 0) is 51.4 Å². The van der Waals surface area contributed by atoms with Crippen molar-refractivity contribution in [3.05, 3.63) is 35.4 Å². The van der Waals surface area contributed by atoms with Gasteiger partial charge in [-0.3, -0.25) is 4.90 Å². The second-order valence-corrected chi connectivity index (χ2v) is 5.32. The third kappa shape index (κ3) is 2.21. The van der Waals surface area contributed by atoms with Crippen molar-refractivity contribution in [2.45, 2.75) is 45.2 Å². The van der Waals surface area contributed by atoms with Crippen LogP contribution >= 0.6 is 0 Å². The molecule has 1 aliphatic heterocycles. The maximum atomic E-state index is 13.8. The monoisotopic (exact) mass is 239 g/mol. The Labute approximate surface area is 101 Å². The van der Waals surface area contributed by atoms with Crippen molar-refractivity contribution >= 4 is 0 Å². The number of rotatable bonds is 2. The fraction of sp³-hybridized carbons (Fsp3) is 0.571. The van der Waals surface area contributed by atoms with Crippen molar-refractivity contribution in [2.75, 3.05) is 6.54 Å². The molecule has 1 saturated heterocycles. The minimum absolute atomic E-state index is 0.00528. The Morgan fingerprint density at radius 1 is 1.35 bits per heavy atom. The molecule has 94 valence electrons. The molecule has 1 aromatic carbocycles. The molecule has 0 saturated carbocycles.